The van der Waals surface area contributed by atoms with Crippen molar-refractivity contribution >= 4 is 39.1 Å². The van der Waals surface area contributed by atoms with Gasteiger partial charge in [-0.2, -0.15) is 0 Å². The van der Waals surface area contributed by atoms with Crippen LogP contribution in [0.5, 0.6) is 5.75 Å². The van der Waals surface area contributed by atoms with Crippen LogP contribution in [0.2, 0.25) is 0 Å². The fraction of sp³-hybridized carbons (Fsp3) is 0.364. The van der Waals surface area contributed by atoms with Crippen LogP contribution < -0.4 is 15.4 Å². The number of aryl methyl sites for hydroxylation is 1. The number of ether oxygens (including phenoxy) is 1. The predicted molar refractivity (Wildman–Crippen MR) is 117 cm³/mol. The van der Waals surface area contributed by atoms with E-state index in [-0.39, 0.29) is 11.8 Å². The Morgan fingerprint density at radius 3 is 2.50 bits per heavy atom. The molecule has 2 amide bonds. The van der Waals surface area contributed by atoms with Gasteiger partial charge in [-0.05, 0) is 71.1 Å². The van der Waals surface area contributed by atoms with Crippen molar-refractivity contribution < 1.29 is 14.3 Å². The molecule has 6 heteroatoms. The number of benzene rings is 2. The highest BCUT2D eigenvalue weighted by Crippen LogP contribution is 2.27. The Bertz CT molecular complexity index is 850. The van der Waals surface area contributed by atoms with Gasteiger partial charge in [0.2, 0.25) is 5.91 Å². The number of anilines is 2. The van der Waals surface area contributed by atoms with Gasteiger partial charge < -0.3 is 15.4 Å². The van der Waals surface area contributed by atoms with E-state index in [1.54, 1.807) is 31.2 Å². The first-order valence-corrected chi connectivity index (χ1v) is 10.2. The Hall–Kier alpha value is -2.34. The lowest BCUT2D eigenvalue weighted by Gasteiger charge is -2.13. The Morgan fingerprint density at radius 1 is 1.11 bits per heavy atom. The van der Waals surface area contributed by atoms with Gasteiger partial charge in [-0.1, -0.05) is 26.8 Å². The summed E-state index contributed by atoms with van der Waals surface area (Å²) in [7, 11) is 0. The first-order valence-electron chi connectivity index (χ1n) is 9.44. The van der Waals surface area contributed by atoms with Crippen molar-refractivity contribution in [3.8, 4) is 5.75 Å². The van der Waals surface area contributed by atoms with E-state index < -0.39 is 0 Å². The number of amides is 2. The first-order chi connectivity index (χ1) is 13.3. The highest BCUT2D eigenvalue weighted by molar-refractivity contribution is 9.10. The van der Waals surface area contributed by atoms with Gasteiger partial charge in [-0.15, -0.1) is 0 Å². The van der Waals surface area contributed by atoms with E-state index in [1.807, 2.05) is 19.1 Å². The maximum Gasteiger partial charge on any atom is 0.255 e. The second-order valence-corrected chi connectivity index (χ2v) is 7.92. The van der Waals surface area contributed by atoms with Gasteiger partial charge in [-0.3, -0.25) is 9.59 Å². The molecule has 0 aromatic heterocycles. The topological polar surface area (TPSA) is 67.4 Å². The molecular weight excluding hydrogens is 420 g/mol. The minimum absolute atomic E-state index is 0.0661. The lowest BCUT2D eigenvalue weighted by Crippen LogP contribution is -2.14. The summed E-state index contributed by atoms with van der Waals surface area (Å²) in [5.74, 6) is 0.997. The largest absolute Gasteiger partial charge is 0.492 e. The number of carbonyl (C=O) groups is 2. The van der Waals surface area contributed by atoms with Crippen molar-refractivity contribution in [2.45, 2.75) is 40.5 Å². The molecule has 150 valence electrons. The van der Waals surface area contributed by atoms with E-state index in [0.29, 0.717) is 35.9 Å². The molecule has 2 rings (SSSR count). The molecule has 0 fully saturated rings. The number of carbonyl (C=O) groups excluding carboxylic acids is 2. The SMILES string of the molecule is CCC(=O)Nc1cc(NC(=O)c2ccc(OCCC(C)C)c(Br)c2)ccc1C. The number of hydrogen-bond acceptors (Lipinski definition) is 3. The zero-order valence-electron chi connectivity index (χ0n) is 16.8. The summed E-state index contributed by atoms with van der Waals surface area (Å²) in [6.45, 7) is 8.64. The van der Waals surface area contributed by atoms with Crippen LogP contribution in [0.1, 0.15) is 49.5 Å². The average Bonchev–Trinajstić information content (AvgIpc) is 2.65. The molecule has 0 aliphatic rings. The smallest absolute Gasteiger partial charge is 0.255 e. The average molecular weight is 447 g/mol. The Kier molecular flexibility index (Phi) is 8.05. The van der Waals surface area contributed by atoms with Crippen LogP contribution in [0, 0.1) is 12.8 Å². The highest BCUT2D eigenvalue weighted by atomic mass is 79.9. The standard InChI is InChI=1S/C22H27BrN2O3/c1-5-21(26)25-19-13-17(8-6-15(19)4)24-22(27)16-7-9-20(18(23)12-16)28-11-10-14(2)3/h6-9,12-14H,5,10-11H2,1-4H3,(H,24,27)(H,25,26). The summed E-state index contributed by atoms with van der Waals surface area (Å²) < 4.78 is 6.50. The lowest BCUT2D eigenvalue weighted by molar-refractivity contribution is -0.115. The van der Waals surface area contributed by atoms with Crippen molar-refractivity contribution in [2.75, 3.05) is 17.2 Å². The lowest BCUT2D eigenvalue weighted by atomic mass is 10.1. The van der Waals surface area contributed by atoms with E-state index >= 15 is 0 Å². The van der Waals surface area contributed by atoms with Crippen LogP contribution in [0.15, 0.2) is 40.9 Å². The van der Waals surface area contributed by atoms with Crippen LogP contribution in [0.3, 0.4) is 0 Å². The summed E-state index contributed by atoms with van der Waals surface area (Å²) in [5, 5.41) is 5.71. The molecule has 0 spiro atoms. The van der Waals surface area contributed by atoms with Gasteiger partial charge in [0.25, 0.3) is 5.91 Å². The molecule has 0 radical (unpaired) electrons. The van der Waals surface area contributed by atoms with Gasteiger partial charge in [-0.25, -0.2) is 0 Å². The maximum absolute atomic E-state index is 12.6. The molecule has 0 atom stereocenters. The van der Waals surface area contributed by atoms with Crippen LogP contribution in [0.25, 0.3) is 0 Å². The van der Waals surface area contributed by atoms with E-state index in [0.717, 1.165) is 22.2 Å². The normalized spacial score (nSPS) is 10.6. The number of nitrogens with one attached hydrogen (secondary N) is 2. The van der Waals surface area contributed by atoms with Gasteiger partial charge in [0, 0.05) is 23.4 Å². The fourth-order valence-electron chi connectivity index (χ4n) is 2.44. The zero-order chi connectivity index (χ0) is 20.7. The molecular formula is C22H27BrN2O3. The van der Waals surface area contributed by atoms with E-state index in [4.69, 9.17) is 4.74 Å². The molecule has 5 nitrogen and oxygen atoms in total. The van der Waals surface area contributed by atoms with Crippen molar-refractivity contribution in [1.29, 1.82) is 0 Å². The summed E-state index contributed by atoms with van der Waals surface area (Å²) in [5.41, 5.74) is 2.77. The van der Waals surface area contributed by atoms with E-state index in [1.165, 1.54) is 0 Å². The quantitative estimate of drug-likeness (QED) is 0.539. The van der Waals surface area contributed by atoms with Crippen molar-refractivity contribution in [2.24, 2.45) is 5.92 Å². The first kappa shape index (κ1) is 22.0. The second kappa shape index (κ2) is 10.3. The molecule has 2 N–H and O–H groups in total. The third kappa shape index (κ3) is 6.37. The van der Waals surface area contributed by atoms with Crippen molar-refractivity contribution in [3.63, 3.8) is 0 Å². The molecule has 0 saturated heterocycles. The summed E-state index contributed by atoms with van der Waals surface area (Å²) >= 11 is 3.47. The van der Waals surface area contributed by atoms with Crippen LogP contribution in [0.4, 0.5) is 11.4 Å². The van der Waals surface area contributed by atoms with Crippen LogP contribution >= 0.6 is 15.9 Å². The highest BCUT2D eigenvalue weighted by Gasteiger charge is 2.11. The summed E-state index contributed by atoms with van der Waals surface area (Å²) in [4.78, 5) is 24.2. The number of hydrogen-bond donors (Lipinski definition) is 2. The van der Waals surface area contributed by atoms with Crippen LogP contribution in [-0.2, 0) is 4.79 Å². The molecule has 0 unspecified atom stereocenters. The summed E-state index contributed by atoms with van der Waals surface area (Å²) in [6, 6.07) is 10.7. The molecule has 0 aliphatic heterocycles. The monoisotopic (exact) mass is 446 g/mol. The zero-order valence-corrected chi connectivity index (χ0v) is 18.4. The molecule has 0 saturated carbocycles. The molecule has 2 aromatic carbocycles. The minimum atomic E-state index is -0.231. The Balaban J connectivity index is 2.07. The second-order valence-electron chi connectivity index (χ2n) is 7.06. The van der Waals surface area contributed by atoms with E-state index in [2.05, 4.69) is 40.4 Å². The fourth-order valence-corrected chi connectivity index (χ4v) is 2.93. The third-order valence-electron chi connectivity index (χ3n) is 4.24. The molecule has 0 bridgehead atoms. The Morgan fingerprint density at radius 2 is 1.86 bits per heavy atom. The van der Waals surface area contributed by atoms with E-state index in [9.17, 15) is 9.59 Å². The maximum atomic E-state index is 12.6. The van der Waals surface area contributed by atoms with Gasteiger partial charge >= 0.3 is 0 Å². The number of halogens is 1. The molecule has 28 heavy (non-hydrogen) atoms. The van der Waals surface area contributed by atoms with Crippen molar-refractivity contribution in [3.05, 3.63) is 52.0 Å². The number of rotatable bonds is 8. The summed E-state index contributed by atoms with van der Waals surface area (Å²) in [6.07, 6.45) is 1.37. The third-order valence-corrected chi connectivity index (χ3v) is 4.86. The van der Waals surface area contributed by atoms with Gasteiger partial charge in [0.1, 0.15) is 5.75 Å². The van der Waals surface area contributed by atoms with Gasteiger partial charge in [0.15, 0.2) is 0 Å². The van der Waals surface area contributed by atoms with Gasteiger partial charge in [0.05, 0.1) is 11.1 Å². The predicted octanol–water partition coefficient (Wildman–Crippen LogP) is 5.78. The molecule has 0 heterocycles. The van der Waals surface area contributed by atoms with Crippen LogP contribution in [-0.4, -0.2) is 18.4 Å². The van der Waals surface area contributed by atoms with Crippen molar-refractivity contribution in [1.82, 2.24) is 0 Å². The molecule has 2 aromatic rings. The Labute approximate surface area is 175 Å². The minimum Gasteiger partial charge on any atom is -0.492 e. The molecule has 0 aliphatic carbocycles.